The van der Waals surface area contributed by atoms with Crippen LogP contribution in [0.1, 0.15) is 22.2 Å². The quantitative estimate of drug-likeness (QED) is 0.394. The molecule has 7 heteroatoms. The van der Waals surface area contributed by atoms with E-state index in [-0.39, 0.29) is 5.82 Å². The minimum absolute atomic E-state index is 0.191. The van der Waals surface area contributed by atoms with Crippen molar-refractivity contribution >= 4 is 28.6 Å². The molecular formula is C24H17F2N3OS. The van der Waals surface area contributed by atoms with Crippen molar-refractivity contribution in [2.24, 2.45) is 0 Å². The molecule has 1 aromatic carbocycles. The number of anilines is 1. The molecule has 0 spiro atoms. The Balaban J connectivity index is 1.62. The Bertz CT molecular complexity index is 1250. The smallest absolute Gasteiger partial charge is 0.262 e. The second-order valence-corrected chi connectivity index (χ2v) is 7.91. The molecule has 0 unspecified atom stereocenters. The maximum atomic E-state index is 13.8. The largest absolute Gasteiger partial charge is 0.306 e. The van der Waals surface area contributed by atoms with E-state index in [1.54, 1.807) is 42.1 Å². The zero-order valence-corrected chi connectivity index (χ0v) is 17.3. The Morgan fingerprint density at radius 2 is 1.81 bits per heavy atom. The summed E-state index contributed by atoms with van der Waals surface area (Å²) < 4.78 is 27.6. The van der Waals surface area contributed by atoms with Gasteiger partial charge in [0.1, 0.15) is 23.0 Å². The number of halogens is 2. The van der Waals surface area contributed by atoms with E-state index in [2.05, 4.69) is 27.9 Å². The van der Waals surface area contributed by atoms with Crippen LogP contribution in [0.3, 0.4) is 0 Å². The number of rotatable bonds is 5. The summed E-state index contributed by atoms with van der Waals surface area (Å²) in [4.78, 5) is 22.8. The van der Waals surface area contributed by atoms with Gasteiger partial charge in [-0.3, -0.25) is 9.78 Å². The van der Waals surface area contributed by atoms with E-state index in [0.717, 1.165) is 44.2 Å². The maximum absolute atomic E-state index is 13.8. The van der Waals surface area contributed by atoms with Crippen LogP contribution in [0.4, 0.5) is 14.6 Å². The topological polar surface area (TPSA) is 54.9 Å². The fourth-order valence-electron chi connectivity index (χ4n) is 3.09. The second kappa shape index (κ2) is 8.57. The zero-order chi connectivity index (χ0) is 22.0. The molecule has 1 N–H and O–H groups in total. The van der Waals surface area contributed by atoms with Crippen LogP contribution in [0.15, 0.2) is 73.7 Å². The van der Waals surface area contributed by atoms with Gasteiger partial charge in [0.05, 0.1) is 0 Å². The molecule has 3 heterocycles. The number of nitrogens with one attached hydrogen (secondary N) is 1. The van der Waals surface area contributed by atoms with Gasteiger partial charge >= 0.3 is 0 Å². The van der Waals surface area contributed by atoms with Crippen molar-refractivity contribution in [2.45, 2.75) is 6.92 Å². The number of nitrogens with zero attached hydrogens (tertiary/aromatic N) is 2. The Hall–Kier alpha value is -3.71. The summed E-state index contributed by atoms with van der Waals surface area (Å²) in [6.45, 7) is 6.01. The van der Waals surface area contributed by atoms with Crippen LogP contribution >= 0.6 is 11.3 Å². The molecule has 154 valence electrons. The highest BCUT2D eigenvalue weighted by atomic mass is 32.1. The fraction of sp³-hybridized carbons (Fsp3) is 0.0417. The van der Waals surface area contributed by atoms with Gasteiger partial charge in [-0.25, -0.2) is 13.8 Å². The molecular weight excluding hydrogens is 416 g/mol. The minimum Gasteiger partial charge on any atom is -0.306 e. The number of hydrogen-bond donors (Lipinski definition) is 1. The highest BCUT2D eigenvalue weighted by Gasteiger charge is 2.18. The van der Waals surface area contributed by atoms with Crippen LogP contribution in [-0.4, -0.2) is 15.9 Å². The van der Waals surface area contributed by atoms with Gasteiger partial charge in [0, 0.05) is 45.0 Å². The number of benzene rings is 1. The molecule has 4 rings (SSSR count). The lowest BCUT2D eigenvalue weighted by Crippen LogP contribution is -2.16. The summed E-state index contributed by atoms with van der Waals surface area (Å²) in [5.41, 5.74) is 3.07. The summed E-state index contributed by atoms with van der Waals surface area (Å²) >= 11 is 1.61. The van der Waals surface area contributed by atoms with Crippen LogP contribution in [0, 0.1) is 11.6 Å². The molecule has 0 radical (unpaired) electrons. The van der Waals surface area contributed by atoms with E-state index >= 15 is 0 Å². The molecule has 31 heavy (non-hydrogen) atoms. The standard InChI is InChI=1S/C24H17F2N3OS/c1-14(2)23-17(11-20(31-23)16-5-4-10-27-12-16)15-8-9-21(28-13-15)29-24(30)22-18(25)6-3-7-19(22)26/h3-13H,1H2,2H3,(H,28,29,30). The molecule has 0 saturated heterocycles. The molecule has 4 aromatic rings. The van der Waals surface area contributed by atoms with Crippen molar-refractivity contribution in [3.8, 4) is 21.6 Å². The van der Waals surface area contributed by atoms with Gasteiger partial charge in [0.2, 0.25) is 0 Å². The lowest BCUT2D eigenvalue weighted by Gasteiger charge is -2.08. The van der Waals surface area contributed by atoms with Gasteiger partial charge in [0.15, 0.2) is 0 Å². The van der Waals surface area contributed by atoms with Gasteiger partial charge in [0.25, 0.3) is 5.91 Å². The fourth-order valence-corrected chi connectivity index (χ4v) is 4.19. The predicted octanol–water partition coefficient (Wildman–Crippen LogP) is 6.44. The average Bonchev–Trinajstić information content (AvgIpc) is 3.21. The van der Waals surface area contributed by atoms with Crippen molar-refractivity contribution < 1.29 is 13.6 Å². The number of amides is 1. The molecule has 0 atom stereocenters. The van der Waals surface area contributed by atoms with Gasteiger partial charge in [-0.2, -0.15) is 0 Å². The third kappa shape index (κ3) is 4.27. The molecule has 0 saturated carbocycles. The monoisotopic (exact) mass is 433 g/mol. The molecule has 0 aliphatic heterocycles. The van der Waals surface area contributed by atoms with Crippen molar-refractivity contribution in [3.05, 3.63) is 95.8 Å². The summed E-state index contributed by atoms with van der Waals surface area (Å²) in [7, 11) is 0. The summed E-state index contributed by atoms with van der Waals surface area (Å²) in [5, 5.41) is 2.43. The van der Waals surface area contributed by atoms with Gasteiger partial charge in [-0.1, -0.05) is 18.7 Å². The van der Waals surface area contributed by atoms with Crippen LogP contribution < -0.4 is 5.32 Å². The lowest BCUT2D eigenvalue weighted by atomic mass is 10.0. The molecule has 0 aliphatic carbocycles. The van der Waals surface area contributed by atoms with Crippen LogP contribution in [-0.2, 0) is 0 Å². The minimum atomic E-state index is -0.929. The van der Waals surface area contributed by atoms with E-state index < -0.39 is 23.1 Å². The van der Waals surface area contributed by atoms with E-state index in [9.17, 15) is 13.6 Å². The Kier molecular flexibility index (Phi) is 5.68. The van der Waals surface area contributed by atoms with Crippen molar-refractivity contribution in [1.82, 2.24) is 9.97 Å². The first-order valence-electron chi connectivity index (χ1n) is 9.36. The van der Waals surface area contributed by atoms with E-state index in [1.807, 2.05) is 19.1 Å². The Morgan fingerprint density at radius 3 is 2.42 bits per heavy atom. The van der Waals surface area contributed by atoms with Crippen molar-refractivity contribution in [2.75, 3.05) is 5.32 Å². The van der Waals surface area contributed by atoms with E-state index in [4.69, 9.17) is 0 Å². The Morgan fingerprint density at radius 1 is 1.03 bits per heavy atom. The molecule has 1 amide bonds. The molecule has 0 bridgehead atoms. The number of carbonyl (C=O) groups excluding carboxylic acids is 1. The Labute approximate surface area is 181 Å². The first kappa shape index (κ1) is 20.6. The molecule has 3 aromatic heterocycles. The van der Waals surface area contributed by atoms with E-state index in [1.165, 1.54) is 6.07 Å². The van der Waals surface area contributed by atoms with Crippen LogP contribution in [0.2, 0.25) is 0 Å². The summed E-state index contributed by atoms with van der Waals surface area (Å²) in [6.07, 6.45) is 5.13. The highest BCUT2D eigenvalue weighted by Crippen LogP contribution is 2.40. The first-order chi connectivity index (χ1) is 14.9. The maximum Gasteiger partial charge on any atom is 0.262 e. The number of pyridine rings is 2. The van der Waals surface area contributed by atoms with Gasteiger partial charge < -0.3 is 5.32 Å². The number of carbonyl (C=O) groups is 1. The average molecular weight is 433 g/mol. The van der Waals surface area contributed by atoms with E-state index in [0.29, 0.717) is 0 Å². The summed E-state index contributed by atoms with van der Waals surface area (Å²) in [5.74, 6) is -2.56. The van der Waals surface area contributed by atoms with Crippen molar-refractivity contribution in [3.63, 3.8) is 0 Å². The lowest BCUT2D eigenvalue weighted by molar-refractivity contribution is 0.101. The third-order valence-corrected chi connectivity index (χ3v) is 5.92. The second-order valence-electron chi connectivity index (χ2n) is 6.86. The zero-order valence-electron chi connectivity index (χ0n) is 16.5. The predicted molar refractivity (Wildman–Crippen MR) is 120 cm³/mol. The molecule has 0 aliphatic rings. The summed E-state index contributed by atoms with van der Waals surface area (Å²) in [6, 6.07) is 12.6. The SMILES string of the molecule is C=C(C)c1sc(-c2cccnc2)cc1-c1ccc(NC(=O)c2c(F)cccc2F)nc1. The number of thiophene rings is 1. The van der Waals surface area contributed by atoms with Crippen molar-refractivity contribution in [1.29, 1.82) is 0 Å². The van der Waals surface area contributed by atoms with Gasteiger partial charge in [-0.05, 0) is 48.9 Å². The highest BCUT2D eigenvalue weighted by molar-refractivity contribution is 7.17. The number of aromatic nitrogens is 2. The first-order valence-corrected chi connectivity index (χ1v) is 10.2. The van der Waals surface area contributed by atoms with Crippen LogP contribution in [0.5, 0.6) is 0 Å². The number of allylic oxidation sites excluding steroid dienone is 1. The number of hydrogen-bond acceptors (Lipinski definition) is 4. The third-order valence-electron chi connectivity index (χ3n) is 4.57. The van der Waals surface area contributed by atoms with Gasteiger partial charge in [-0.15, -0.1) is 11.3 Å². The molecule has 4 nitrogen and oxygen atoms in total. The molecule has 0 fully saturated rings. The normalized spacial score (nSPS) is 10.7. The van der Waals surface area contributed by atoms with Crippen LogP contribution in [0.25, 0.3) is 27.1 Å².